The number of nitrogens with one attached hydrogen (secondary N) is 1. The number of nitrogens with zero attached hydrogens (tertiary/aromatic N) is 1. The van der Waals surface area contributed by atoms with Crippen LogP contribution in [0.2, 0.25) is 5.02 Å². The Morgan fingerprint density at radius 2 is 2.10 bits per heavy atom. The van der Waals surface area contributed by atoms with E-state index in [1.807, 2.05) is 6.07 Å². The van der Waals surface area contributed by atoms with E-state index in [0.29, 0.717) is 18.1 Å². The first-order valence-corrected chi connectivity index (χ1v) is 8.45. The van der Waals surface area contributed by atoms with Gasteiger partial charge < -0.3 is 5.32 Å². The molecule has 1 N–H and O–H groups in total. The van der Waals surface area contributed by atoms with Crippen molar-refractivity contribution in [2.24, 2.45) is 5.41 Å². The Kier molecular flexibility index (Phi) is 5.34. The number of piperazine rings is 1. The zero-order valence-electron chi connectivity index (χ0n) is 14.0. The second-order valence-corrected chi connectivity index (χ2v) is 7.75. The van der Waals surface area contributed by atoms with Gasteiger partial charge in [-0.15, -0.1) is 0 Å². The molecule has 1 aromatic rings. The molecule has 0 bridgehead atoms. The maximum atomic E-state index is 6.17. The Balaban J connectivity index is 2.20. The van der Waals surface area contributed by atoms with Crippen LogP contribution in [-0.4, -0.2) is 30.1 Å². The fourth-order valence-corrected chi connectivity index (χ4v) is 3.41. The van der Waals surface area contributed by atoms with Gasteiger partial charge in [0.05, 0.1) is 0 Å². The third-order valence-corrected chi connectivity index (χ3v) is 5.04. The molecule has 0 spiro atoms. The molecule has 3 atom stereocenters. The summed E-state index contributed by atoms with van der Waals surface area (Å²) in [5.41, 5.74) is 1.60. The van der Waals surface area contributed by atoms with E-state index in [9.17, 15) is 0 Å². The maximum absolute atomic E-state index is 6.17. The average Bonchev–Trinajstić information content (AvgIpc) is 2.44. The van der Waals surface area contributed by atoms with Crippen molar-refractivity contribution in [1.82, 2.24) is 10.2 Å². The lowest BCUT2D eigenvalue weighted by Crippen LogP contribution is -2.60. The number of rotatable bonds is 3. The summed E-state index contributed by atoms with van der Waals surface area (Å²) < 4.78 is 0. The van der Waals surface area contributed by atoms with Gasteiger partial charge >= 0.3 is 0 Å². The minimum Gasteiger partial charge on any atom is -0.311 e. The van der Waals surface area contributed by atoms with Crippen LogP contribution in [0.3, 0.4) is 0 Å². The summed E-state index contributed by atoms with van der Waals surface area (Å²) in [5, 5.41) is 4.57. The van der Waals surface area contributed by atoms with Gasteiger partial charge in [0.25, 0.3) is 0 Å². The summed E-state index contributed by atoms with van der Waals surface area (Å²) in [6.07, 6.45) is 1.18. The molecule has 2 nitrogen and oxygen atoms in total. The van der Waals surface area contributed by atoms with Gasteiger partial charge in [0.2, 0.25) is 0 Å². The largest absolute Gasteiger partial charge is 0.311 e. The third kappa shape index (κ3) is 4.00. The highest BCUT2D eigenvalue weighted by molar-refractivity contribution is 6.30. The van der Waals surface area contributed by atoms with Crippen molar-refractivity contribution in [1.29, 1.82) is 0 Å². The predicted octanol–water partition coefficient (Wildman–Crippen LogP) is 4.50. The van der Waals surface area contributed by atoms with Gasteiger partial charge in [0, 0.05) is 36.2 Å². The molecule has 0 radical (unpaired) electrons. The van der Waals surface area contributed by atoms with Gasteiger partial charge in [-0.25, -0.2) is 0 Å². The van der Waals surface area contributed by atoms with Crippen LogP contribution in [0.25, 0.3) is 0 Å². The van der Waals surface area contributed by atoms with Gasteiger partial charge in [0.15, 0.2) is 0 Å². The monoisotopic (exact) mass is 308 g/mol. The molecule has 2 rings (SSSR count). The second kappa shape index (κ2) is 6.68. The van der Waals surface area contributed by atoms with Crippen LogP contribution in [0.4, 0.5) is 0 Å². The summed E-state index contributed by atoms with van der Waals surface area (Å²) >= 11 is 6.17. The van der Waals surface area contributed by atoms with Gasteiger partial charge in [-0.2, -0.15) is 0 Å². The van der Waals surface area contributed by atoms with Gasteiger partial charge in [-0.3, -0.25) is 4.90 Å². The Morgan fingerprint density at radius 3 is 2.67 bits per heavy atom. The van der Waals surface area contributed by atoms with Crippen LogP contribution in [0, 0.1) is 5.41 Å². The summed E-state index contributed by atoms with van der Waals surface area (Å²) in [6, 6.07) is 9.83. The van der Waals surface area contributed by atoms with Crippen LogP contribution in [-0.2, 0) is 0 Å². The molecule has 1 aromatic carbocycles. The van der Waals surface area contributed by atoms with E-state index < -0.39 is 0 Å². The fraction of sp³-hybridized carbons (Fsp3) is 0.667. The Morgan fingerprint density at radius 1 is 1.38 bits per heavy atom. The smallest absolute Gasteiger partial charge is 0.0409 e. The van der Waals surface area contributed by atoms with Gasteiger partial charge in [-0.1, -0.05) is 51.4 Å². The van der Waals surface area contributed by atoms with Crippen molar-refractivity contribution < 1.29 is 0 Å². The van der Waals surface area contributed by atoms with Gasteiger partial charge in [0.1, 0.15) is 0 Å². The van der Waals surface area contributed by atoms with E-state index in [4.69, 9.17) is 11.6 Å². The fourth-order valence-electron chi connectivity index (χ4n) is 3.21. The molecule has 0 aliphatic carbocycles. The molecular formula is C18H29ClN2. The molecule has 118 valence electrons. The van der Waals surface area contributed by atoms with E-state index in [1.165, 1.54) is 12.0 Å². The highest BCUT2D eigenvalue weighted by atomic mass is 35.5. The molecule has 1 aliphatic rings. The van der Waals surface area contributed by atoms with Crippen molar-refractivity contribution in [3.05, 3.63) is 34.9 Å². The molecule has 1 heterocycles. The van der Waals surface area contributed by atoms with E-state index in [-0.39, 0.29) is 5.41 Å². The topological polar surface area (TPSA) is 15.3 Å². The maximum Gasteiger partial charge on any atom is 0.0409 e. The SMILES string of the molecule is CCC1CNC(C(C)(C)C)CN1C(C)c1cccc(Cl)c1. The van der Waals surface area contributed by atoms with Crippen LogP contribution in [0.15, 0.2) is 24.3 Å². The minimum atomic E-state index is 0.283. The summed E-state index contributed by atoms with van der Waals surface area (Å²) in [5.74, 6) is 0. The number of hydrogen-bond donors (Lipinski definition) is 1. The van der Waals surface area contributed by atoms with E-state index >= 15 is 0 Å². The standard InChI is InChI=1S/C18H29ClN2/c1-6-16-11-20-17(18(3,4)5)12-21(16)13(2)14-8-7-9-15(19)10-14/h7-10,13,16-17,20H,6,11-12H2,1-5H3. The number of halogens is 1. The van der Waals surface area contributed by atoms with Crippen LogP contribution in [0.1, 0.15) is 52.6 Å². The highest BCUT2D eigenvalue weighted by Gasteiger charge is 2.35. The predicted molar refractivity (Wildman–Crippen MR) is 91.9 cm³/mol. The average molecular weight is 309 g/mol. The van der Waals surface area contributed by atoms with Crippen LogP contribution < -0.4 is 5.32 Å². The molecule has 3 unspecified atom stereocenters. The molecule has 0 saturated carbocycles. The van der Waals surface area contributed by atoms with E-state index in [0.717, 1.165) is 18.1 Å². The molecule has 1 saturated heterocycles. The first kappa shape index (κ1) is 16.8. The van der Waals surface area contributed by atoms with Crippen molar-refractivity contribution in [2.45, 2.75) is 59.2 Å². The second-order valence-electron chi connectivity index (χ2n) is 7.32. The van der Waals surface area contributed by atoms with Crippen molar-refractivity contribution in [2.75, 3.05) is 13.1 Å². The Labute approximate surface area is 134 Å². The van der Waals surface area contributed by atoms with Crippen LogP contribution >= 0.6 is 11.6 Å². The lowest BCUT2D eigenvalue weighted by Gasteiger charge is -2.47. The molecule has 3 heteroatoms. The lowest BCUT2D eigenvalue weighted by atomic mass is 9.84. The van der Waals surface area contributed by atoms with Crippen molar-refractivity contribution in [3.63, 3.8) is 0 Å². The normalized spacial score (nSPS) is 25.8. The zero-order chi connectivity index (χ0) is 15.6. The summed E-state index contributed by atoms with van der Waals surface area (Å²) in [7, 11) is 0. The van der Waals surface area contributed by atoms with Gasteiger partial charge in [-0.05, 0) is 36.5 Å². The quantitative estimate of drug-likeness (QED) is 0.884. The first-order valence-electron chi connectivity index (χ1n) is 8.07. The molecular weight excluding hydrogens is 280 g/mol. The summed E-state index contributed by atoms with van der Waals surface area (Å²) in [4.78, 5) is 2.65. The van der Waals surface area contributed by atoms with Crippen molar-refractivity contribution >= 4 is 11.6 Å². The highest BCUT2D eigenvalue weighted by Crippen LogP contribution is 2.31. The van der Waals surface area contributed by atoms with E-state index in [1.54, 1.807) is 0 Å². The third-order valence-electron chi connectivity index (χ3n) is 4.81. The van der Waals surface area contributed by atoms with E-state index in [2.05, 4.69) is 63.0 Å². The summed E-state index contributed by atoms with van der Waals surface area (Å²) in [6.45, 7) is 13.7. The van der Waals surface area contributed by atoms with Crippen molar-refractivity contribution in [3.8, 4) is 0 Å². The van der Waals surface area contributed by atoms with Crippen LogP contribution in [0.5, 0.6) is 0 Å². The molecule has 1 aliphatic heterocycles. The zero-order valence-corrected chi connectivity index (χ0v) is 14.7. The Bertz CT molecular complexity index is 467. The Hall–Kier alpha value is -0.570. The lowest BCUT2D eigenvalue weighted by molar-refractivity contribution is 0.0530. The minimum absolute atomic E-state index is 0.283. The molecule has 1 fully saturated rings. The number of benzene rings is 1. The molecule has 0 amide bonds. The molecule has 0 aromatic heterocycles. The number of hydrogen-bond acceptors (Lipinski definition) is 2. The first-order chi connectivity index (χ1) is 9.82. The molecule has 21 heavy (non-hydrogen) atoms.